The lowest BCUT2D eigenvalue weighted by atomic mass is 10.2. The van der Waals surface area contributed by atoms with E-state index in [1.165, 1.54) is 6.07 Å². The molecule has 1 aromatic heterocycles. The van der Waals surface area contributed by atoms with Crippen molar-refractivity contribution in [1.82, 2.24) is 4.90 Å². The molecule has 1 aromatic rings. The first-order valence-electron chi connectivity index (χ1n) is 5.37. The smallest absolute Gasteiger partial charge is 0.372 e. The highest BCUT2D eigenvalue weighted by Gasteiger charge is 2.29. The molecule has 0 amide bonds. The van der Waals surface area contributed by atoms with Gasteiger partial charge < -0.3 is 24.1 Å². The van der Waals surface area contributed by atoms with Gasteiger partial charge in [0.1, 0.15) is 11.8 Å². The number of ether oxygens (including phenoxy) is 1. The number of carboxylic acids is 1. The van der Waals surface area contributed by atoms with Crippen molar-refractivity contribution >= 4 is 11.7 Å². The standard InChI is InChI=1S/C11H16N2O4/c1-12(2)5-7-6-13(3)8-4-9(10(14)15)17-11(8)16-7/h4,7H,5-6H2,1-3H3,(H,14,15). The summed E-state index contributed by atoms with van der Waals surface area (Å²) in [7, 11) is 5.82. The van der Waals surface area contributed by atoms with Crippen LogP contribution in [-0.4, -0.2) is 56.3 Å². The Labute approximate surface area is 99.4 Å². The minimum Gasteiger partial charge on any atom is -0.475 e. The lowest BCUT2D eigenvalue weighted by Crippen LogP contribution is -2.42. The summed E-state index contributed by atoms with van der Waals surface area (Å²) in [4.78, 5) is 14.8. The lowest BCUT2D eigenvalue weighted by Gasteiger charge is -2.31. The van der Waals surface area contributed by atoms with E-state index in [4.69, 9.17) is 14.3 Å². The Kier molecular flexibility index (Phi) is 2.97. The molecule has 0 fully saturated rings. The van der Waals surface area contributed by atoms with Gasteiger partial charge in [-0.15, -0.1) is 0 Å². The van der Waals surface area contributed by atoms with Gasteiger partial charge in [0.25, 0.3) is 0 Å². The van der Waals surface area contributed by atoms with E-state index in [1.807, 2.05) is 30.9 Å². The second-order valence-corrected chi connectivity index (χ2v) is 4.47. The van der Waals surface area contributed by atoms with Gasteiger partial charge in [0.05, 0.1) is 6.54 Å². The van der Waals surface area contributed by atoms with Crippen LogP contribution in [0.3, 0.4) is 0 Å². The molecule has 1 aliphatic heterocycles. The molecule has 94 valence electrons. The van der Waals surface area contributed by atoms with E-state index in [-0.39, 0.29) is 11.9 Å². The maximum absolute atomic E-state index is 10.8. The monoisotopic (exact) mass is 240 g/mol. The summed E-state index contributed by atoms with van der Waals surface area (Å²) in [6.45, 7) is 1.47. The van der Waals surface area contributed by atoms with Gasteiger partial charge in [0.2, 0.25) is 5.76 Å². The van der Waals surface area contributed by atoms with E-state index in [9.17, 15) is 4.79 Å². The fourth-order valence-electron chi connectivity index (χ4n) is 1.92. The second kappa shape index (κ2) is 4.29. The van der Waals surface area contributed by atoms with Crippen molar-refractivity contribution in [3.63, 3.8) is 0 Å². The average Bonchev–Trinajstić information content (AvgIpc) is 2.60. The van der Waals surface area contributed by atoms with Crippen molar-refractivity contribution < 1.29 is 19.1 Å². The summed E-state index contributed by atoms with van der Waals surface area (Å²) in [5.74, 6) is -0.879. The average molecular weight is 240 g/mol. The van der Waals surface area contributed by atoms with Crippen LogP contribution in [-0.2, 0) is 0 Å². The van der Waals surface area contributed by atoms with E-state index < -0.39 is 5.97 Å². The fraction of sp³-hybridized carbons (Fsp3) is 0.545. The summed E-state index contributed by atoms with van der Waals surface area (Å²) in [6.07, 6.45) is -0.0182. The number of carboxylic acid groups (broad SMARTS) is 1. The van der Waals surface area contributed by atoms with Gasteiger partial charge >= 0.3 is 11.9 Å². The molecule has 0 saturated carbocycles. The summed E-state index contributed by atoms with van der Waals surface area (Å²) in [6, 6.07) is 1.49. The van der Waals surface area contributed by atoms with Gasteiger partial charge in [-0.3, -0.25) is 0 Å². The number of hydrogen-bond acceptors (Lipinski definition) is 5. The van der Waals surface area contributed by atoms with Crippen LogP contribution in [0.2, 0.25) is 0 Å². The van der Waals surface area contributed by atoms with Gasteiger partial charge in [-0.05, 0) is 14.1 Å². The van der Waals surface area contributed by atoms with Crippen molar-refractivity contribution in [2.75, 3.05) is 39.1 Å². The Morgan fingerprint density at radius 3 is 2.94 bits per heavy atom. The van der Waals surface area contributed by atoms with Crippen LogP contribution in [0.5, 0.6) is 5.95 Å². The normalized spacial score (nSPS) is 19.1. The molecule has 1 N–H and O–H groups in total. The lowest BCUT2D eigenvalue weighted by molar-refractivity contribution is 0.0639. The number of furan rings is 1. The zero-order chi connectivity index (χ0) is 12.6. The molecule has 6 heteroatoms. The molecular formula is C11H16N2O4. The second-order valence-electron chi connectivity index (χ2n) is 4.47. The van der Waals surface area contributed by atoms with Crippen LogP contribution in [0, 0.1) is 0 Å². The van der Waals surface area contributed by atoms with Crippen LogP contribution in [0.25, 0.3) is 0 Å². The number of anilines is 1. The van der Waals surface area contributed by atoms with Crippen molar-refractivity contribution in [3.8, 4) is 5.95 Å². The predicted octanol–water partition coefficient (Wildman–Crippen LogP) is 0.737. The Morgan fingerprint density at radius 1 is 1.65 bits per heavy atom. The third-order valence-corrected chi connectivity index (χ3v) is 2.62. The molecule has 0 aliphatic carbocycles. The molecule has 17 heavy (non-hydrogen) atoms. The first kappa shape index (κ1) is 11.8. The molecule has 0 bridgehead atoms. The van der Waals surface area contributed by atoms with Crippen molar-refractivity contribution in [1.29, 1.82) is 0 Å². The van der Waals surface area contributed by atoms with E-state index in [1.54, 1.807) is 0 Å². The van der Waals surface area contributed by atoms with Gasteiger partial charge in [-0.25, -0.2) is 4.79 Å². The van der Waals surface area contributed by atoms with Crippen LogP contribution in [0.4, 0.5) is 5.69 Å². The Bertz CT molecular complexity index is 427. The van der Waals surface area contributed by atoms with Crippen molar-refractivity contribution in [3.05, 3.63) is 11.8 Å². The van der Waals surface area contributed by atoms with Crippen LogP contribution in [0.15, 0.2) is 10.5 Å². The third kappa shape index (κ3) is 2.36. The van der Waals surface area contributed by atoms with E-state index in [0.29, 0.717) is 18.2 Å². The molecule has 0 aromatic carbocycles. The predicted molar refractivity (Wildman–Crippen MR) is 61.9 cm³/mol. The first-order chi connectivity index (χ1) is 7.97. The topological polar surface area (TPSA) is 66.2 Å². The highest BCUT2D eigenvalue weighted by atomic mass is 16.6. The van der Waals surface area contributed by atoms with Crippen molar-refractivity contribution in [2.24, 2.45) is 0 Å². The summed E-state index contributed by atoms with van der Waals surface area (Å²) in [5, 5.41) is 8.86. The fourth-order valence-corrected chi connectivity index (χ4v) is 1.92. The number of rotatable bonds is 3. The highest BCUT2D eigenvalue weighted by Crippen LogP contribution is 2.35. The number of nitrogens with zero attached hydrogens (tertiary/aromatic N) is 2. The summed E-state index contributed by atoms with van der Waals surface area (Å²) < 4.78 is 10.8. The van der Waals surface area contributed by atoms with Crippen molar-refractivity contribution in [2.45, 2.75) is 6.10 Å². The third-order valence-electron chi connectivity index (χ3n) is 2.62. The van der Waals surface area contributed by atoms with Crippen LogP contribution < -0.4 is 9.64 Å². The quantitative estimate of drug-likeness (QED) is 0.840. The maximum atomic E-state index is 10.8. The van der Waals surface area contributed by atoms with Gasteiger partial charge in [-0.2, -0.15) is 0 Å². The molecule has 1 aliphatic rings. The van der Waals surface area contributed by atoms with Gasteiger partial charge in [-0.1, -0.05) is 0 Å². The number of aromatic carboxylic acids is 1. The molecule has 1 unspecified atom stereocenters. The summed E-state index contributed by atoms with van der Waals surface area (Å²) >= 11 is 0. The Morgan fingerprint density at radius 2 is 2.35 bits per heavy atom. The number of carbonyl (C=O) groups is 1. The number of likely N-dealkylation sites (N-methyl/N-ethyl adjacent to an activating group) is 2. The molecule has 1 atom stereocenters. The molecule has 2 heterocycles. The molecule has 0 spiro atoms. The molecular weight excluding hydrogens is 224 g/mol. The van der Waals surface area contributed by atoms with E-state index in [0.717, 1.165) is 6.54 Å². The van der Waals surface area contributed by atoms with Gasteiger partial charge in [0, 0.05) is 19.7 Å². The minimum absolute atomic E-state index is 0.0182. The van der Waals surface area contributed by atoms with Gasteiger partial charge in [0.15, 0.2) is 0 Å². The zero-order valence-electron chi connectivity index (χ0n) is 10.1. The van der Waals surface area contributed by atoms with Crippen LogP contribution in [0.1, 0.15) is 10.6 Å². The first-order valence-corrected chi connectivity index (χ1v) is 5.37. The number of fused-ring (bicyclic) bond motifs is 1. The largest absolute Gasteiger partial charge is 0.475 e. The minimum atomic E-state index is -1.08. The highest BCUT2D eigenvalue weighted by molar-refractivity contribution is 5.86. The molecule has 2 rings (SSSR count). The molecule has 0 saturated heterocycles. The molecule has 6 nitrogen and oxygen atoms in total. The maximum Gasteiger partial charge on any atom is 0.372 e. The summed E-state index contributed by atoms with van der Waals surface area (Å²) in [5.41, 5.74) is 0.692. The van der Waals surface area contributed by atoms with Crippen LogP contribution >= 0.6 is 0 Å². The number of hydrogen-bond donors (Lipinski definition) is 1. The van der Waals surface area contributed by atoms with E-state index in [2.05, 4.69) is 0 Å². The Hall–Kier alpha value is -1.69. The SMILES string of the molecule is CN(C)CC1CN(C)c2cc(C(=O)O)oc2O1. The zero-order valence-corrected chi connectivity index (χ0v) is 10.1. The van der Waals surface area contributed by atoms with E-state index >= 15 is 0 Å². The molecule has 0 radical (unpaired) electrons. The Balaban J connectivity index is 2.21.